The second kappa shape index (κ2) is 8.29. The van der Waals surface area contributed by atoms with Crippen molar-refractivity contribution in [3.05, 3.63) is 12.7 Å². The van der Waals surface area contributed by atoms with E-state index in [1.807, 2.05) is 0 Å². The zero-order chi connectivity index (χ0) is 10.8. The second-order valence-corrected chi connectivity index (χ2v) is 2.83. The number of esters is 1. The van der Waals surface area contributed by atoms with Crippen LogP contribution in [-0.2, 0) is 14.3 Å². The van der Waals surface area contributed by atoms with Crippen molar-refractivity contribution < 1.29 is 14.3 Å². The van der Waals surface area contributed by atoms with Gasteiger partial charge in [-0.1, -0.05) is 19.9 Å². The molecule has 0 aromatic rings. The number of ether oxygens (including phenoxy) is 1. The lowest BCUT2D eigenvalue weighted by Gasteiger charge is -2.03. The molecule has 0 heterocycles. The van der Waals surface area contributed by atoms with Crippen molar-refractivity contribution in [2.45, 2.75) is 26.2 Å². The number of nitrogens with one attached hydrogen (secondary N) is 1. The lowest BCUT2D eigenvalue weighted by atomic mass is 10.3. The topological polar surface area (TPSA) is 55.4 Å². The Bertz CT molecular complexity index is 202. The average Bonchev–Trinajstić information content (AvgIpc) is 2.18. The van der Waals surface area contributed by atoms with E-state index in [2.05, 4.69) is 23.6 Å². The number of carbonyl (C=O) groups excluding carboxylic acids is 2. The highest BCUT2D eigenvalue weighted by atomic mass is 16.5. The molecule has 0 rings (SSSR count). The summed E-state index contributed by atoms with van der Waals surface area (Å²) in [5.41, 5.74) is 0. The van der Waals surface area contributed by atoms with Crippen LogP contribution in [0.3, 0.4) is 0 Å². The molecule has 0 saturated carbocycles. The van der Waals surface area contributed by atoms with Gasteiger partial charge in [-0.3, -0.25) is 4.79 Å². The lowest BCUT2D eigenvalue weighted by Crippen LogP contribution is -2.25. The summed E-state index contributed by atoms with van der Waals surface area (Å²) in [6.45, 7) is 6.10. The molecule has 80 valence electrons. The zero-order valence-electron chi connectivity index (χ0n) is 8.54. The van der Waals surface area contributed by atoms with Crippen molar-refractivity contribution in [2.24, 2.45) is 0 Å². The van der Waals surface area contributed by atoms with Gasteiger partial charge in [0.15, 0.2) is 0 Å². The van der Waals surface area contributed by atoms with Gasteiger partial charge in [-0.05, 0) is 6.42 Å². The number of hydrogen-bond donors (Lipinski definition) is 1. The standard InChI is InChI=1S/C10H17NO3/c1-3-5-7-11-9(12)6-8-14-10(13)4-2/h4H,2-3,5-8H2,1H3,(H,11,12). The SMILES string of the molecule is C=CC(=O)OCCC(=O)NCCCC. The molecule has 4 nitrogen and oxygen atoms in total. The van der Waals surface area contributed by atoms with E-state index in [1.54, 1.807) is 0 Å². The van der Waals surface area contributed by atoms with Gasteiger partial charge in [0.25, 0.3) is 0 Å². The first-order valence-electron chi connectivity index (χ1n) is 4.76. The molecule has 0 aliphatic carbocycles. The zero-order valence-corrected chi connectivity index (χ0v) is 8.54. The van der Waals surface area contributed by atoms with E-state index < -0.39 is 5.97 Å². The molecule has 0 saturated heterocycles. The number of hydrogen-bond acceptors (Lipinski definition) is 3. The number of rotatable bonds is 7. The summed E-state index contributed by atoms with van der Waals surface area (Å²) < 4.78 is 4.65. The van der Waals surface area contributed by atoms with Gasteiger partial charge in [0.05, 0.1) is 6.42 Å². The minimum Gasteiger partial charge on any atom is -0.462 e. The number of unbranched alkanes of at least 4 members (excludes halogenated alkanes) is 1. The first kappa shape index (κ1) is 12.7. The Morgan fingerprint density at radius 1 is 1.50 bits per heavy atom. The van der Waals surface area contributed by atoms with E-state index in [4.69, 9.17) is 0 Å². The molecular weight excluding hydrogens is 182 g/mol. The highest BCUT2D eigenvalue weighted by molar-refractivity contribution is 5.81. The van der Waals surface area contributed by atoms with Gasteiger partial charge in [0, 0.05) is 12.6 Å². The van der Waals surface area contributed by atoms with Gasteiger partial charge < -0.3 is 10.1 Å². The number of amides is 1. The molecular formula is C10H17NO3. The fraction of sp³-hybridized carbons (Fsp3) is 0.600. The van der Waals surface area contributed by atoms with Crippen LogP contribution in [-0.4, -0.2) is 25.0 Å². The summed E-state index contributed by atoms with van der Waals surface area (Å²) in [6.07, 6.45) is 3.31. The van der Waals surface area contributed by atoms with Crippen LogP contribution < -0.4 is 5.32 Å². The summed E-state index contributed by atoms with van der Waals surface area (Å²) in [4.78, 5) is 21.6. The van der Waals surface area contributed by atoms with Crippen molar-refractivity contribution in [1.29, 1.82) is 0 Å². The highest BCUT2D eigenvalue weighted by Crippen LogP contribution is 1.87. The molecule has 0 aliphatic rings. The van der Waals surface area contributed by atoms with Gasteiger partial charge in [-0.25, -0.2) is 4.79 Å². The van der Waals surface area contributed by atoms with Crippen LogP contribution in [0.2, 0.25) is 0 Å². The van der Waals surface area contributed by atoms with E-state index >= 15 is 0 Å². The molecule has 14 heavy (non-hydrogen) atoms. The molecule has 4 heteroatoms. The van der Waals surface area contributed by atoms with Gasteiger partial charge in [0.1, 0.15) is 6.61 Å². The van der Waals surface area contributed by atoms with Crippen molar-refractivity contribution in [2.75, 3.05) is 13.2 Å². The summed E-state index contributed by atoms with van der Waals surface area (Å²) in [5, 5.41) is 2.72. The van der Waals surface area contributed by atoms with Crippen molar-refractivity contribution in [3.63, 3.8) is 0 Å². The fourth-order valence-electron chi connectivity index (χ4n) is 0.796. The van der Waals surface area contributed by atoms with E-state index in [0.717, 1.165) is 18.9 Å². The monoisotopic (exact) mass is 199 g/mol. The quantitative estimate of drug-likeness (QED) is 0.378. The number of carbonyl (C=O) groups is 2. The van der Waals surface area contributed by atoms with Crippen LogP contribution in [0.25, 0.3) is 0 Å². The van der Waals surface area contributed by atoms with Crippen LogP contribution in [0.4, 0.5) is 0 Å². The lowest BCUT2D eigenvalue weighted by molar-refractivity contribution is -0.138. The van der Waals surface area contributed by atoms with E-state index in [9.17, 15) is 9.59 Å². The third-order valence-corrected chi connectivity index (χ3v) is 1.59. The molecule has 0 spiro atoms. The van der Waals surface area contributed by atoms with Crippen LogP contribution in [0.15, 0.2) is 12.7 Å². The first-order chi connectivity index (χ1) is 6.70. The summed E-state index contributed by atoms with van der Waals surface area (Å²) >= 11 is 0. The molecule has 0 aromatic carbocycles. The predicted octanol–water partition coefficient (Wildman–Crippen LogP) is 1.02. The minimum atomic E-state index is -0.494. The average molecular weight is 199 g/mol. The van der Waals surface area contributed by atoms with E-state index in [0.29, 0.717) is 6.54 Å². The summed E-state index contributed by atoms with van der Waals surface area (Å²) in [6, 6.07) is 0. The largest absolute Gasteiger partial charge is 0.462 e. The molecule has 0 radical (unpaired) electrons. The fourth-order valence-corrected chi connectivity index (χ4v) is 0.796. The Morgan fingerprint density at radius 3 is 2.79 bits per heavy atom. The second-order valence-electron chi connectivity index (χ2n) is 2.83. The Morgan fingerprint density at radius 2 is 2.21 bits per heavy atom. The predicted molar refractivity (Wildman–Crippen MR) is 53.7 cm³/mol. The molecule has 1 amide bonds. The Balaban J connectivity index is 3.35. The smallest absolute Gasteiger partial charge is 0.330 e. The minimum absolute atomic E-state index is 0.0877. The maximum absolute atomic E-state index is 11.1. The van der Waals surface area contributed by atoms with Gasteiger partial charge >= 0.3 is 5.97 Å². The van der Waals surface area contributed by atoms with Gasteiger partial charge in [-0.2, -0.15) is 0 Å². The van der Waals surface area contributed by atoms with E-state index in [1.165, 1.54) is 0 Å². The normalized spacial score (nSPS) is 9.21. The van der Waals surface area contributed by atoms with Crippen LogP contribution >= 0.6 is 0 Å². The van der Waals surface area contributed by atoms with Crippen LogP contribution in [0.5, 0.6) is 0 Å². The van der Waals surface area contributed by atoms with Gasteiger partial charge in [0.2, 0.25) is 5.91 Å². The highest BCUT2D eigenvalue weighted by Gasteiger charge is 2.01. The van der Waals surface area contributed by atoms with E-state index in [-0.39, 0.29) is 18.9 Å². The summed E-state index contributed by atoms with van der Waals surface area (Å²) in [7, 11) is 0. The molecule has 0 aliphatic heterocycles. The maximum atomic E-state index is 11.1. The molecule has 1 N–H and O–H groups in total. The summed E-state index contributed by atoms with van der Waals surface area (Å²) in [5.74, 6) is -0.582. The third-order valence-electron chi connectivity index (χ3n) is 1.59. The van der Waals surface area contributed by atoms with Gasteiger partial charge in [-0.15, -0.1) is 0 Å². The Kier molecular flexibility index (Phi) is 7.50. The third kappa shape index (κ3) is 7.34. The Hall–Kier alpha value is -1.32. The van der Waals surface area contributed by atoms with Crippen molar-refractivity contribution >= 4 is 11.9 Å². The van der Waals surface area contributed by atoms with Crippen molar-refractivity contribution in [1.82, 2.24) is 5.32 Å². The molecule has 0 aromatic heterocycles. The molecule has 0 bridgehead atoms. The molecule has 0 atom stereocenters. The molecule has 0 unspecified atom stereocenters. The van der Waals surface area contributed by atoms with Crippen LogP contribution in [0.1, 0.15) is 26.2 Å². The Labute approximate surface area is 84.3 Å². The van der Waals surface area contributed by atoms with Crippen LogP contribution in [0, 0.1) is 0 Å². The first-order valence-corrected chi connectivity index (χ1v) is 4.76. The molecule has 0 fully saturated rings. The maximum Gasteiger partial charge on any atom is 0.330 e. The van der Waals surface area contributed by atoms with Crippen molar-refractivity contribution in [3.8, 4) is 0 Å².